The van der Waals surface area contributed by atoms with E-state index in [4.69, 9.17) is 17.7 Å². The molecule has 104 valence electrons. The molecule has 0 fully saturated rings. The molecule has 0 saturated heterocycles. The van der Waals surface area contributed by atoms with Gasteiger partial charge in [-0.1, -0.05) is 0 Å². The van der Waals surface area contributed by atoms with Crippen molar-refractivity contribution in [3.8, 4) is 0 Å². The summed E-state index contributed by atoms with van der Waals surface area (Å²) in [5.74, 6) is 0. The molecule has 17 heavy (non-hydrogen) atoms. The topological polar surface area (TPSA) is 36.9 Å². The quantitative estimate of drug-likeness (QED) is 0.545. The Kier molecular flexibility index (Phi) is 10.4. The van der Waals surface area contributed by atoms with Gasteiger partial charge in [-0.15, -0.1) is 0 Å². The number of hydrogen-bond donors (Lipinski definition) is 0. The molecule has 0 atom stereocenters. The van der Waals surface area contributed by atoms with E-state index in [-0.39, 0.29) is 0 Å². The van der Waals surface area contributed by atoms with Crippen LogP contribution in [0.2, 0.25) is 18.6 Å². The van der Waals surface area contributed by atoms with E-state index in [1.165, 1.54) is 0 Å². The van der Waals surface area contributed by atoms with Crippen LogP contribution in [0.4, 0.5) is 0 Å². The van der Waals surface area contributed by atoms with Crippen LogP contribution in [0.15, 0.2) is 0 Å². The van der Waals surface area contributed by atoms with Gasteiger partial charge < -0.3 is 17.7 Å². The van der Waals surface area contributed by atoms with E-state index in [1.54, 1.807) is 0 Å². The minimum atomic E-state index is -2.00. The average Bonchev–Trinajstić information content (AvgIpc) is 2.27. The predicted molar refractivity (Wildman–Crippen MR) is 74.9 cm³/mol. The fourth-order valence-corrected chi connectivity index (χ4v) is 7.57. The molecule has 0 aliphatic carbocycles. The summed E-state index contributed by atoms with van der Waals surface area (Å²) in [6, 6.07) is 1.94. The summed E-state index contributed by atoms with van der Waals surface area (Å²) in [7, 11) is -3.50. The zero-order valence-corrected chi connectivity index (χ0v) is 14.1. The van der Waals surface area contributed by atoms with Crippen LogP contribution in [-0.4, -0.2) is 44.3 Å². The van der Waals surface area contributed by atoms with Gasteiger partial charge in [0.25, 0.3) is 0 Å². The summed E-state index contributed by atoms with van der Waals surface area (Å²) in [5.41, 5.74) is 0. The first kappa shape index (κ1) is 17.3. The van der Waals surface area contributed by atoms with Crippen molar-refractivity contribution in [1.82, 2.24) is 0 Å². The third kappa shape index (κ3) is 8.07. The Bertz CT molecular complexity index is 169. The minimum absolute atomic E-state index is 0.720. The Morgan fingerprint density at radius 2 is 1.29 bits per heavy atom. The molecule has 0 aliphatic heterocycles. The monoisotopic (exact) mass is 280 g/mol. The van der Waals surface area contributed by atoms with Gasteiger partial charge in [-0.25, -0.2) is 0 Å². The molecular weight excluding hydrogens is 252 g/mol. The largest absolute Gasteiger partial charge is 0.397 e. The Balaban J connectivity index is 4.14. The minimum Gasteiger partial charge on any atom is -0.397 e. The first-order chi connectivity index (χ1) is 8.11. The molecule has 6 heteroatoms. The molecule has 0 aromatic heterocycles. The van der Waals surface area contributed by atoms with E-state index in [9.17, 15) is 0 Å². The van der Waals surface area contributed by atoms with Crippen molar-refractivity contribution in [2.75, 3.05) is 26.4 Å². The Hall–Kier alpha value is 0.274. The van der Waals surface area contributed by atoms with E-state index in [0.29, 0.717) is 0 Å². The van der Waals surface area contributed by atoms with E-state index in [2.05, 4.69) is 6.55 Å². The molecule has 0 unspecified atom stereocenters. The molecular formula is C11H28O4Si2. The van der Waals surface area contributed by atoms with Crippen molar-refractivity contribution in [2.45, 2.75) is 46.3 Å². The normalized spacial score (nSPS) is 12.4. The van der Waals surface area contributed by atoms with Crippen LogP contribution in [0.25, 0.3) is 0 Å². The van der Waals surface area contributed by atoms with Gasteiger partial charge in [-0.2, -0.15) is 0 Å². The second-order valence-electron chi connectivity index (χ2n) is 3.88. The Labute approximate surface area is 109 Å². The summed E-state index contributed by atoms with van der Waals surface area (Å²) < 4.78 is 22.9. The maximum absolute atomic E-state index is 5.80. The Morgan fingerprint density at radius 1 is 0.824 bits per heavy atom. The first-order valence-electron chi connectivity index (χ1n) is 6.62. The van der Waals surface area contributed by atoms with Gasteiger partial charge in [0.15, 0.2) is 0 Å². The summed E-state index contributed by atoms with van der Waals surface area (Å²) in [4.78, 5) is 0. The molecule has 0 saturated carbocycles. The molecule has 0 amide bonds. The molecule has 0 bridgehead atoms. The fourth-order valence-electron chi connectivity index (χ4n) is 1.76. The van der Waals surface area contributed by atoms with Crippen molar-refractivity contribution in [2.24, 2.45) is 0 Å². The third-order valence-electron chi connectivity index (χ3n) is 2.44. The lowest BCUT2D eigenvalue weighted by atomic mass is 10.9. The lowest BCUT2D eigenvalue weighted by molar-refractivity contribution is 0.185. The van der Waals surface area contributed by atoms with E-state index >= 15 is 0 Å². The summed E-state index contributed by atoms with van der Waals surface area (Å²) in [5, 5.41) is 0. The molecule has 0 rings (SSSR count). The predicted octanol–water partition coefficient (Wildman–Crippen LogP) is 2.42. The summed E-state index contributed by atoms with van der Waals surface area (Å²) in [6.07, 6.45) is 0. The van der Waals surface area contributed by atoms with Gasteiger partial charge in [-0.3, -0.25) is 0 Å². The highest BCUT2D eigenvalue weighted by molar-refractivity contribution is 6.67. The van der Waals surface area contributed by atoms with Crippen LogP contribution in [0.1, 0.15) is 27.7 Å². The summed E-state index contributed by atoms with van der Waals surface area (Å²) >= 11 is 0. The smallest absolute Gasteiger partial charge is 0.334 e. The van der Waals surface area contributed by atoms with E-state index < -0.39 is 17.8 Å². The highest BCUT2D eigenvalue weighted by Crippen LogP contribution is 2.18. The van der Waals surface area contributed by atoms with Gasteiger partial charge in [0.1, 0.15) is 0 Å². The highest BCUT2D eigenvalue weighted by atomic mass is 28.4. The van der Waals surface area contributed by atoms with Crippen LogP contribution < -0.4 is 0 Å². The summed E-state index contributed by atoms with van der Waals surface area (Å²) in [6.45, 7) is 13.1. The van der Waals surface area contributed by atoms with Crippen molar-refractivity contribution in [1.29, 1.82) is 0 Å². The van der Waals surface area contributed by atoms with Crippen molar-refractivity contribution in [3.05, 3.63) is 0 Å². The van der Waals surface area contributed by atoms with Crippen LogP contribution in [0, 0.1) is 0 Å². The van der Waals surface area contributed by atoms with Crippen molar-refractivity contribution in [3.63, 3.8) is 0 Å². The zero-order chi connectivity index (χ0) is 13.1. The SMILES string of the molecule is CCO[SiH](CC[Si](C)(OCC)OCC)OCC. The van der Waals surface area contributed by atoms with Crippen LogP contribution in [0.3, 0.4) is 0 Å². The second kappa shape index (κ2) is 10.2. The standard InChI is InChI=1S/C11H28O4Si2/c1-6-12-16(13-7-2)10-11-17(5,14-8-3)15-9-4/h16H,6-11H2,1-5H3. The molecule has 0 heterocycles. The van der Waals surface area contributed by atoms with Crippen molar-refractivity contribution >= 4 is 17.8 Å². The fraction of sp³-hybridized carbons (Fsp3) is 1.00. The highest BCUT2D eigenvalue weighted by Gasteiger charge is 2.32. The van der Waals surface area contributed by atoms with Crippen LogP contribution in [0.5, 0.6) is 0 Å². The van der Waals surface area contributed by atoms with Gasteiger partial charge in [0.2, 0.25) is 0 Å². The molecule has 0 spiro atoms. The van der Waals surface area contributed by atoms with Crippen molar-refractivity contribution < 1.29 is 17.7 Å². The van der Waals surface area contributed by atoms with Gasteiger partial charge in [0, 0.05) is 26.4 Å². The van der Waals surface area contributed by atoms with Gasteiger partial charge in [-0.05, 0) is 46.3 Å². The number of hydrogen-bond acceptors (Lipinski definition) is 4. The maximum atomic E-state index is 5.80. The van der Waals surface area contributed by atoms with Gasteiger partial charge in [0.05, 0.1) is 0 Å². The Morgan fingerprint density at radius 3 is 1.65 bits per heavy atom. The molecule has 0 N–H and O–H groups in total. The molecule has 4 nitrogen and oxygen atoms in total. The van der Waals surface area contributed by atoms with Gasteiger partial charge >= 0.3 is 17.8 Å². The number of rotatable bonds is 11. The third-order valence-corrected chi connectivity index (χ3v) is 8.18. The molecule has 0 radical (unpaired) electrons. The lowest BCUT2D eigenvalue weighted by Crippen LogP contribution is -2.40. The zero-order valence-electron chi connectivity index (χ0n) is 12.0. The van der Waals surface area contributed by atoms with Crippen LogP contribution >= 0.6 is 0 Å². The lowest BCUT2D eigenvalue weighted by Gasteiger charge is -2.27. The van der Waals surface area contributed by atoms with E-state index in [0.717, 1.165) is 38.5 Å². The maximum Gasteiger partial charge on any atom is 0.334 e. The van der Waals surface area contributed by atoms with E-state index in [1.807, 2.05) is 27.7 Å². The first-order valence-corrected chi connectivity index (χ1v) is 10.9. The molecule has 0 aromatic carbocycles. The van der Waals surface area contributed by atoms with Crippen LogP contribution in [-0.2, 0) is 17.7 Å². The molecule has 0 aromatic rings. The average molecular weight is 281 g/mol. The molecule has 0 aliphatic rings. The second-order valence-corrected chi connectivity index (χ2v) is 9.33.